The van der Waals surface area contributed by atoms with E-state index in [1.54, 1.807) is 18.2 Å². The molecule has 0 aliphatic carbocycles. The van der Waals surface area contributed by atoms with Crippen LogP contribution in [0.5, 0.6) is 11.5 Å². The van der Waals surface area contributed by atoms with Gasteiger partial charge in [-0.1, -0.05) is 13.8 Å². The zero-order valence-corrected chi connectivity index (χ0v) is 17.9. The van der Waals surface area contributed by atoms with Gasteiger partial charge in [-0.05, 0) is 61.2 Å². The van der Waals surface area contributed by atoms with E-state index in [0.717, 1.165) is 16.5 Å². The molecule has 0 unspecified atom stereocenters. The Morgan fingerprint density at radius 3 is 2.47 bits per heavy atom. The second kappa shape index (κ2) is 9.03. The molecule has 30 heavy (non-hydrogen) atoms. The molecule has 0 saturated carbocycles. The summed E-state index contributed by atoms with van der Waals surface area (Å²) in [6, 6.07) is 10.0. The van der Waals surface area contributed by atoms with Crippen LogP contribution < -0.4 is 15.1 Å². The lowest BCUT2D eigenvalue weighted by Crippen LogP contribution is -2.09. The highest BCUT2D eigenvalue weighted by Crippen LogP contribution is 2.29. The topological polar surface area (TPSA) is 75.0 Å². The molecule has 0 spiro atoms. The normalized spacial score (nSPS) is 11.0. The molecule has 6 heteroatoms. The number of aryl methyl sites for hydroxylation is 2. The number of fused-ring (bicyclic) bond motifs is 1. The van der Waals surface area contributed by atoms with Gasteiger partial charge in [0.1, 0.15) is 12.2 Å². The fraction of sp³-hybridized carbons (Fsp3) is 0.333. The molecular formula is C24H26O6. The van der Waals surface area contributed by atoms with Gasteiger partial charge < -0.3 is 18.6 Å². The van der Waals surface area contributed by atoms with Crippen molar-refractivity contribution in [2.75, 3.05) is 13.7 Å². The van der Waals surface area contributed by atoms with Crippen molar-refractivity contribution in [3.05, 3.63) is 69.1 Å². The van der Waals surface area contributed by atoms with Crippen molar-refractivity contribution in [3.8, 4) is 11.5 Å². The van der Waals surface area contributed by atoms with Gasteiger partial charge >= 0.3 is 11.6 Å². The molecule has 0 N–H and O–H groups in total. The molecule has 0 aliphatic heterocycles. The Labute approximate surface area is 175 Å². The van der Waals surface area contributed by atoms with E-state index in [-0.39, 0.29) is 6.61 Å². The number of hydrogen-bond acceptors (Lipinski definition) is 6. The highest BCUT2D eigenvalue weighted by Gasteiger charge is 2.15. The fourth-order valence-corrected chi connectivity index (χ4v) is 3.00. The minimum atomic E-state index is -0.520. The van der Waals surface area contributed by atoms with Gasteiger partial charge in [-0.15, -0.1) is 0 Å². The maximum atomic E-state index is 12.6. The van der Waals surface area contributed by atoms with Crippen LogP contribution in [0.4, 0.5) is 0 Å². The molecule has 0 radical (unpaired) electrons. The number of benzene rings is 2. The summed E-state index contributed by atoms with van der Waals surface area (Å²) in [5.41, 5.74) is 3.01. The third-order valence-corrected chi connectivity index (χ3v) is 4.77. The van der Waals surface area contributed by atoms with Crippen LogP contribution in [0.2, 0.25) is 0 Å². The number of hydrogen-bond donors (Lipinski definition) is 0. The zero-order chi connectivity index (χ0) is 21.8. The maximum Gasteiger partial charge on any atom is 0.338 e. The second-order valence-corrected chi connectivity index (χ2v) is 7.67. The summed E-state index contributed by atoms with van der Waals surface area (Å²) in [6.07, 6.45) is 0. The Balaban J connectivity index is 1.80. The number of rotatable bonds is 7. The largest absolute Gasteiger partial charge is 0.493 e. The van der Waals surface area contributed by atoms with Gasteiger partial charge in [0.25, 0.3) is 0 Å². The minimum Gasteiger partial charge on any atom is -0.493 e. The van der Waals surface area contributed by atoms with Gasteiger partial charge in [-0.3, -0.25) is 0 Å². The molecule has 6 nitrogen and oxygen atoms in total. The summed E-state index contributed by atoms with van der Waals surface area (Å²) < 4.78 is 21.8. The minimum absolute atomic E-state index is 0.0443. The van der Waals surface area contributed by atoms with Gasteiger partial charge in [0.15, 0.2) is 11.5 Å². The summed E-state index contributed by atoms with van der Waals surface area (Å²) in [4.78, 5) is 24.5. The number of carbonyl (C=O) groups excluding carboxylic acids is 1. The fourth-order valence-electron chi connectivity index (χ4n) is 3.00. The summed E-state index contributed by atoms with van der Waals surface area (Å²) in [7, 11) is 1.52. The average Bonchev–Trinajstić information content (AvgIpc) is 2.71. The summed E-state index contributed by atoms with van der Waals surface area (Å²) in [5.74, 6) is 0.876. The molecule has 0 aliphatic rings. The Bertz CT molecular complexity index is 1130. The molecule has 3 rings (SSSR count). The molecule has 0 fully saturated rings. The highest BCUT2D eigenvalue weighted by atomic mass is 16.5. The molecule has 3 aromatic rings. The first kappa shape index (κ1) is 21.4. The monoisotopic (exact) mass is 410 g/mol. The van der Waals surface area contributed by atoms with Crippen molar-refractivity contribution >= 4 is 16.9 Å². The maximum absolute atomic E-state index is 12.6. The third kappa shape index (κ3) is 4.82. The van der Waals surface area contributed by atoms with Crippen molar-refractivity contribution in [3.63, 3.8) is 0 Å². The van der Waals surface area contributed by atoms with Gasteiger partial charge in [-0.2, -0.15) is 0 Å². The first-order chi connectivity index (χ1) is 14.3. The van der Waals surface area contributed by atoms with E-state index < -0.39 is 11.6 Å². The van der Waals surface area contributed by atoms with Crippen molar-refractivity contribution in [2.45, 2.75) is 34.3 Å². The Kier molecular flexibility index (Phi) is 6.45. The lowest BCUT2D eigenvalue weighted by molar-refractivity contribution is 0.0473. The Morgan fingerprint density at radius 1 is 1.03 bits per heavy atom. The molecular weight excluding hydrogens is 384 g/mol. The molecule has 0 amide bonds. The predicted molar refractivity (Wildman–Crippen MR) is 114 cm³/mol. The summed E-state index contributed by atoms with van der Waals surface area (Å²) in [6.45, 7) is 8.53. The quantitative estimate of drug-likeness (QED) is 0.411. The van der Waals surface area contributed by atoms with Crippen LogP contribution in [0, 0.1) is 19.8 Å². The van der Waals surface area contributed by atoms with Crippen LogP contribution in [0.1, 0.15) is 40.9 Å². The third-order valence-electron chi connectivity index (χ3n) is 4.77. The lowest BCUT2D eigenvalue weighted by Gasteiger charge is -2.13. The van der Waals surface area contributed by atoms with E-state index in [1.807, 2.05) is 26.0 Å². The average molecular weight is 410 g/mol. The van der Waals surface area contributed by atoms with Gasteiger partial charge in [0.2, 0.25) is 0 Å². The van der Waals surface area contributed by atoms with Crippen molar-refractivity contribution in [1.82, 2.24) is 0 Å². The van der Waals surface area contributed by atoms with E-state index in [2.05, 4.69) is 13.8 Å². The van der Waals surface area contributed by atoms with E-state index in [0.29, 0.717) is 40.7 Å². The lowest BCUT2D eigenvalue weighted by atomic mass is 10.0. The Hall–Kier alpha value is -3.28. The second-order valence-electron chi connectivity index (χ2n) is 7.67. The molecule has 1 heterocycles. The molecule has 2 aromatic carbocycles. The van der Waals surface area contributed by atoms with Crippen LogP contribution in [0.15, 0.2) is 45.6 Å². The van der Waals surface area contributed by atoms with E-state index in [4.69, 9.17) is 18.6 Å². The standard InChI is InChI=1S/C24H26O6/c1-14(2)12-28-20-7-6-17(10-22(20)27-5)24(26)29-13-18-11-23(25)30-21-9-16(4)15(3)8-19(18)21/h6-11,14H,12-13H2,1-5H3. The van der Waals surface area contributed by atoms with E-state index in [9.17, 15) is 9.59 Å². The highest BCUT2D eigenvalue weighted by molar-refractivity contribution is 5.90. The molecule has 0 saturated heterocycles. The molecule has 1 aromatic heterocycles. The van der Waals surface area contributed by atoms with Gasteiger partial charge in [0, 0.05) is 17.0 Å². The van der Waals surface area contributed by atoms with Crippen molar-refractivity contribution in [1.29, 1.82) is 0 Å². The van der Waals surface area contributed by atoms with Crippen molar-refractivity contribution in [2.24, 2.45) is 5.92 Å². The Morgan fingerprint density at radius 2 is 1.77 bits per heavy atom. The van der Waals surface area contributed by atoms with E-state index >= 15 is 0 Å². The van der Waals surface area contributed by atoms with Gasteiger partial charge in [-0.25, -0.2) is 9.59 Å². The first-order valence-electron chi connectivity index (χ1n) is 9.80. The molecule has 0 atom stereocenters. The van der Waals surface area contributed by atoms with Gasteiger partial charge in [0.05, 0.1) is 19.3 Å². The molecule has 158 valence electrons. The van der Waals surface area contributed by atoms with Crippen LogP contribution in [0.3, 0.4) is 0 Å². The van der Waals surface area contributed by atoms with Crippen LogP contribution >= 0.6 is 0 Å². The first-order valence-corrected chi connectivity index (χ1v) is 9.80. The number of ether oxygens (including phenoxy) is 3. The zero-order valence-electron chi connectivity index (χ0n) is 17.9. The number of methoxy groups -OCH3 is 1. The van der Waals surface area contributed by atoms with Crippen LogP contribution in [0.25, 0.3) is 11.0 Å². The summed E-state index contributed by atoms with van der Waals surface area (Å²) in [5, 5.41) is 0.750. The van der Waals surface area contributed by atoms with Crippen LogP contribution in [-0.4, -0.2) is 19.7 Å². The smallest absolute Gasteiger partial charge is 0.338 e. The summed E-state index contributed by atoms with van der Waals surface area (Å²) >= 11 is 0. The van der Waals surface area contributed by atoms with Crippen molar-refractivity contribution < 1.29 is 23.4 Å². The predicted octanol–water partition coefficient (Wildman–Crippen LogP) is 4.81. The van der Waals surface area contributed by atoms with E-state index in [1.165, 1.54) is 13.2 Å². The van der Waals surface area contributed by atoms with Crippen LogP contribution in [-0.2, 0) is 11.3 Å². The molecule has 0 bridgehead atoms. The SMILES string of the molecule is COc1cc(C(=O)OCc2cc(=O)oc3cc(C)c(C)cc23)ccc1OCC(C)C. The number of carbonyl (C=O) groups is 1. The number of esters is 1.